The van der Waals surface area contributed by atoms with Crippen LogP contribution in [0.25, 0.3) is 0 Å². The summed E-state index contributed by atoms with van der Waals surface area (Å²) in [6, 6.07) is 14.0. The highest BCUT2D eigenvalue weighted by Crippen LogP contribution is 2.39. The molecule has 0 aliphatic heterocycles. The van der Waals surface area contributed by atoms with Crippen molar-refractivity contribution in [3.63, 3.8) is 0 Å². The average Bonchev–Trinajstić information content (AvgIpc) is 2.84. The number of amides is 1. The van der Waals surface area contributed by atoms with E-state index >= 15 is 0 Å². The molecule has 3 aromatic carbocycles. The van der Waals surface area contributed by atoms with E-state index in [2.05, 4.69) is 5.32 Å². The van der Waals surface area contributed by atoms with E-state index in [1.807, 2.05) is 20.8 Å². The van der Waals surface area contributed by atoms with E-state index in [0.717, 1.165) is 0 Å². The highest BCUT2D eigenvalue weighted by atomic mass is 35.5. The Morgan fingerprint density at radius 1 is 0.771 bits per heavy atom. The lowest BCUT2D eigenvalue weighted by atomic mass is 10.1. The largest absolute Gasteiger partial charge is 0.490 e. The van der Waals surface area contributed by atoms with Crippen molar-refractivity contribution in [3.05, 3.63) is 75.8 Å². The normalized spacial score (nSPS) is 10.4. The van der Waals surface area contributed by atoms with Gasteiger partial charge in [-0.25, -0.2) is 4.79 Å². The lowest BCUT2D eigenvalue weighted by molar-refractivity contribution is 0.0733. The van der Waals surface area contributed by atoms with Crippen LogP contribution in [-0.2, 0) is 0 Å². The quantitative estimate of drug-likeness (QED) is 0.239. The van der Waals surface area contributed by atoms with E-state index in [4.69, 9.17) is 42.1 Å². The summed E-state index contributed by atoms with van der Waals surface area (Å²) in [6.45, 7) is 6.69. The van der Waals surface area contributed by atoms with Gasteiger partial charge in [0.05, 0.1) is 36.1 Å². The first-order chi connectivity index (χ1) is 16.9. The second-order valence-corrected chi connectivity index (χ2v) is 7.94. The molecule has 0 saturated carbocycles. The zero-order valence-corrected chi connectivity index (χ0v) is 21.0. The molecule has 0 radical (unpaired) electrons. The number of anilines is 1. The zero-order chi connectivity index (χ0) is 25.4. The fourth-order valence-corrected chi connectivity index (χ4v) is 3.47. The molecule has 0 unspecified atom stereocenters. The minimum absolute atomic E-state index is 0.234. The number of nitrogens with one attached hydrogen (secondary N) is 1. The second kappa shape index (κ2) is 12.3. The number of ether oxygens (including phenoxy) is 4. The van der Waals surface area contributed by atoms with E-state index in [9.17, 15) is 9.59 Å². The van der Waals surface area contributed by atoms with Crippen LogP contribution in [0, 0.1) is 0 Å². The van der Waals surface area contributed by atoms with Gasteiger partial charge in [-0.15, -0.1) is 0 Å². The number of carbonyl (C=O) groups is 2. The van der Waals surface area contributed by atoms with E-state index in [-0.39, 0.29) is 17.2 Å². The minimum Gasteiger partial charge on any atom is -0.490 e. The van der Waals surface area contributed by atoms with Gasteiger partial charge < -0.3 is 24.3 Å². The monoisotopic (exact) mass is 517 g/mol. The smallest absolute Gasteiger partial charge is 0.343 e. The Hall–Kier alpha value is -3.42. The molecule has 35 heavy (non-hydrogen) atoms. The van der Waals surface area contributed by atoms with Gasteiger partial charge >= 0.3 is 5.97 Å². The Bertz CT molecular complexity index is 1170. The number of esters is 1. The SMILES string of the molecule is CCOc1cc(C(=O)Oc2ccc(C(=O)Nc3cc(Cl)ccc3Cl)cc2)cc(OCC)c1OCC. The number of halogens is 2. The van der Waals surface area contributed by atoms with Crippen molar-refractivity contribution in [1.82, 2.24) is 0 Å². The predicted octanol–water partition coefficient (Wildman–Crippen LogP) is 6.66. The van der Waals surface area contributed by atoms with Gasteiger partial charge in [0, 0.05) is 10.6 Å². The Labute approximate surface area is 213 Å². The second-order valence-electron chi connectivity index (χ2n) is 7.09. The topological polar surface area (TPSA) is 83.1 Å². The molecule has 0 atom stereocenters. The van der Waals surface area contributed by atoms with Crippen LogP contribution < -0.4 is 24.3 Å². The van der Waals surface area contributed by atoms with E-state index in [1.54, 1.807) is 30.3 Å². The Kier molecular flexibility index (Phi) is 9.23. The van der Waals surface area contributed by atoms with Crippen LogP contribution in [0.2, 0.25) is 10.0 Å². The zero-order valence-electron chi connectivity index (χ0n) is 19.5. The van der Waals surface area contributed by atoms with Gasteiger partial charge in [0.1, 0.15) is 5.75 Å². The third-order valence-electron chi connectivity index (χ3n) is 4.65. The van der Waals surface area contributed by atoms with Crippen molar-refractivity contribution in [2.24, 2.45) is 0 Å². The average molecular weight is 518 g/mol. The third-order valence-corrected chi connectivity index (χ3v) is 5.21. The molecule has 7 nitrogen and oxygen atoms in total. The first kappa shape index (κ1) is 26.2. The van der Waals surface area contributed by atoms with E-state index < -0.39 is 5.97 Å². The summed E-state index contributed by atoms with van der Waals surface area (Å²) in [5.74, 6) is 0.470. The summed E-state index contributed by atoms with van der Waals surface area (Å²) < 4.78 is 22.5. The molecule has 0 bridgehead atoms. The van der Waals surface area contributed by atoms with Crippen LogP contribution in [0.15, 0.2) is 54.6 Å². The van der Waals surface area contributed by atoms with Crippen LogP contribution in [0.5, 0.6) is 23.0 Å². The highest BCUT2D eigenvalue weighted by Gasteiger charge is 2.20. The minimum atomic E-state index is -0.613. The molecule has 0 fully saturated rings. The van der Waals surface area contributed by atoms with Gasteiger partial charge in [-0.2, -0.15) is 0 Å². The first-order valence-corrected chi connectivity index (χ1v) is 11.8. The van der Waals surface area contributed by atoms with Gasteiger partial charge in [-0.05, 0) is 75.4 Å². The fraction of sp³-hybridized carbons (Fsp3) is 0.231. The number of benzene rings is 3. The summed E-state index contributed by atoms with van der Waals surface area (Å²) in [5, 5.41) is 3.51. The maximum atomic E-state index is 12.8. The van der Waals surface area contributed by atoms with Crippen LogP contribution in [0.1, 0.15) is 41.5 Å². The van der Waals surface area contributed by atoms with Crippen molar-refractivity contribution in [3.8, 4) is 23.0 Å². The summed E-state index contributed by atoms with van der Waals surface area (Å²) in [6.07, 6.45) is 0. The molecule has 0 spiro atoms. The van der Waals surface area contributed by atoms with E-state index in [1.165, 1.54) is 24.3 Å². The fourth-order valence-electron chi connectivity index (χ4n) is 3.13. The number of hydrogen-bond donors (Lipinski definition) is 1. The molecule has 0 aromatic heterocycles. The lowest BCUT2D eigenvalue weighted by Gasteiger charge is -2.16. The molecule has 3 rings (SSSR count). The molecular formula is C26H25Cl2NO6. The first-order valence-electron chi connectivity index (χ1n) is 11.0. The summed E-state index contributed by atoms with van der Waals surface area (Å²) in [5.41, 5.74) is 0.974. The van der Waals surface area contributed by atoms with E-state index in [0.29, 0.717) is 58.4 Å². The van der Waals surface area contributed by atoms with Crippen molar-refractivity contribution in [2.75, 3.05) is 25.1 Å². The molecule has 0 heterocycles. The molecule has 3 aromatic rings. The number of hydrogen-bond acceptors (Lipinski definition) is 6. The van der Waals surface area contributed by atoms with Crippen LogP contribution >= 0.6 is 23.2 Å². The van der Waals surface area contributed by atoms with Gasteiger partial charge in [0.25, 0.3) is 5.91 Å². The molecule has 0 aliphatic rings. The van der Waals surface area contributed by atoms with Gasteiger partial charge in [-0.1, -0.05) is 23.2 Å². The van der Waals surface area contributed by atoms with Gasteiger partial charge in [0.15, 0.2) is 11.5 Å². The molecular weight excluding hydrogens is 493 g/mol. The maximum absolute atomic E-state index is 12.8. The standard InChI is InChI=1S/C26H25Cl2NO6/c1-4-32-22-13-17(14-23(33-5-2)24(22)34-6-3)26(31)35-19-10-7-16(8-11-19)25(30)29-21-15-18(27)9-12-20(21)28/h7-15H,4-6H2,1-3H3,(H,29,30). The summed E-state index contributed by atoms with van der Waals surface area (Å²) >= 11 is 12.1. The summed E-state index contributed by atoms with van der Waals surface area (Å²) in [7, 11) is 0. The predicted molar refractivity (Wildman–Crippen MR) is 136 cm³/mol. The van der Waals surface area contributed by atoms with Crippen LogP contribution in [0.4, 0.5) is 5.69 Å². The number of rotatable bonds is 10. The Balaban J connectivity index is 1.76. The molecule has 9 heteroatoms. The van der Waals surface area contributed by atoms with Crippen molar-refractivity contribution < 1.29 is 28.5 Å². The molecule has 1 amide bonds. The molecule has 1 N–H and O–H groups in total. The number of carbonyl (C=O) groups excluding carboxylic acids is 2. The molecule has 184 valence electrons. The Morgan fingerprint density at radius 2 is 1.37 bits per heavy atom. The highest BCUT2D eigenvalue weighted by molar-refractivity contribution is 6.35. The van der Waals surface area contributed by atoms with Crippen molar-refractivity contribution >= 4 is 40.8 Å². The third kappa shape index (κ3) is 6.81. The summed E-state index contributed by atoms with van der Waals surface area (Å²) in [4.78, 5) is 25.4. The molecule has 0 saturated heterocycles. The van der Waals surface area contributed by atoms with Gasteiger partial charge in [-0.3, -0.25) is 4.79 Å². The van der Waals surface area contributed by atoms with Crippen molar-refractivity contribution in [1.29, 1.82) is 0 Å². The molecule has 0 aliphatic carbocycles. The Morgan fingerprint density at radius 3 is 1.94 bits per heavy atom. The van der Waals surface area contributed by atoms with Crippen molar-refractivity contribution in [2.45, 2.75) is 20.8 Å². The van der Waals surface area contributed by atoms with Crippen LogP contribution in [0.3, 0.4) is 0 Å². The van der Waals surface area contributed by atoms with Gasteiger partial charge in [0.2, 0.25) is 5.75 Å². The maximum Gasteiger partial charge on any atom is 0.343 e. The van der Waals surface area contributed by atoms with Crippen LogP contribution in [-0.4, -0.2) is 31.7 Å². The lowest BCUT2D eigenvalue weighted by Crippen LogP contribution is -2.13.